The first kappa shape index (κ1) is 20.5. The number of hydrogen-bond acceptors (Lipinski definition) is 5. The van der Waals surface area contributed by atoms with Gasteiger partial charge in [0.15, 0.2) is 0 Å². The molecule has 2 aromatic carbocycles. The van der Waals surface area contributed by atoms with Crippen molar-refractivity contribution < 1.29 is 19.1 Å². The molecule has 0 heterocycles. The van der Waals surface area contributed by atoms with Gasteiger partial charge < -0.3 is 20.1 Å². The molecule has 2 rings (SSSR count). The van der Waals surface area contributed by atoms with E-state index in [9.17, 15) is 9.59 Å². The lowest BCUT2D eigenvalue weighted by Gasteiger charge is -2.22. The summed E-state index contributed by atoms with van der Waals surface area (Å²) in [5.74, 6) is 0.250. The highest BCUT2D eigenvalue weighted by Crippen LogP contribution is 2.24. The second-order valence-corrected chi connectivity index (χ2v) is 6.36. The molecule has 6 heteroatoms. The van der Waals surface area contributed by atoms with Crippen molar-refractivity contribution in [2.24, 2.45) is 5.73 Å². The number of rotatable bonds is 6. The van der Waals surface area contributed by atoms with E-state index in [0.717, 1.165) is 22.4 Å². The first-order chi connectivity index (χ1) is 12.8. The molecule has 0 aliphatic heterocycles. The summed E-state index contributed by atoms with van der Waals surface area (Å²) in [6.45, 7) is 5.77. The van der Waals surface area contributed by atoms with E-state index in [1.807, 2.05) is 44.2 Å². The maximum absolute atomic E-state index is 12.7. The van der Waals surface area contributed by atoms with Crippen LogP contribution in [0, 0.1) is 13.8 Å². The van der Waals surface area contributed by atoms with Crippen molar-refractivity contribution in [1.29, 1.82) is 0 Å². The Morgan fingerprint density at radius 2 is 1.70 bits per heavy atom. The topological polar surface area (TPSA) is 81.9 Å². The van der Waals surface area contributed by atoms with Crippen molar-refractivity contribution in [3.05, 3.63) is 59.2 Å². The Labute approximate surface area is 159 Å². The summed E-state index contributed by atoms with van der Waals surface area (Å²) in [6.07, 6.45) is -0.340. The lowest BCUT2D eigenvalue weighted by Crippen LogP contribution is -2.43. The molecule has 0 bridgehead atoms. The monoisotopic (exact) mass is 370 g/mol. The fraction of sp³-hybridized carbons (Fsp3) is 0.333. The Balaban J connectivity index is 2.12. The molecule has 0 aliphatic rings. The van der Waals surface area contributed by atoms with Crippen LogP contribution in [0.4, 0.5) is 10.5 Å². The molecule has 0 saturated heterocycles. The van der Waals surface area contributed by atoms with Gasteiger partial charge in [0.2, 0.25) is 5.91 Å². The van der Waals surface area contributed by atoms with Gasteiger partial charge in [-0.1, -0.05) is 18.2 Å². The van der Waals surface area contributed by atoms with Gasteiger partial charge in [0, 0.05) is 12.7 Å². The first-order valence-corrected chi connectivity index (χ1v) is 8.86. The molecule has 2 N–H and O–H groups in total. The van der Waals surface area contributed by atoms with E-state index in [1.165, 1.54) is 0 Å². The summed E-state index contributed by atoms with van der Waals surface area (Å²) in [4.78, 5) is 25.7. The standard InChI is InChI=1S/C21H26N2O4/c1-5-26-21(25)27-17-11-14(2)18(15(3)12-17)13-19(22)20(24)23(4)16-9-7-6-8-10-16/h6-12,19H,5,13,22H2,1-4H3/t19-/m0/s1. The second kappa shape index (κ2) is 9.19. The molecule has 0 fully saturated rings. The van der Waals surface area contributed by atoms with Crippen LogP contribution >= 0.6 is 0 Å². The van der Waals surface area contributed by atoms with Crippen LogP contribution < -0.4 is 15.4 Å². The molecule has 27 heavy (non-hydrogen) atoms. The Hall–Kier alpha value is -2.86. The van der Waals surface area contributed by atoms with Crippen LogP contribution in [0.3, 0.4) is 0 Å². The van der Waals surface area contributed by atoms with Crippen LogP contribution in [0.5, 0.6) is 5.75 Å². The fourth-order valence-corrected chi connectivity index (χ4v) is 2.91. The van der Waals surface area contributed by atoms with Gasteiger partial charge in [-0.3, -0.25) is 4.79 Å². The van der Waals surface area contributed by atoms with Crippen molar-refractivity contribution in [2.75, 3.05) is 18.6 Å². The Kier molecular flexibility index (Phi) is 6.96. The average molecular weight is 370 g/mol. The summed E-state index contributed by atoms with van der Waals surface area (Å²) in [6, 6.07) is 12.2. The Morgan fingerprint density at radius 1 is 1.11 bits per heavy atom. The number of nitrogens with zero attached hydrogens (tertiary/aromatic N) is 1. The highest BCUT2D eigenvalue weighted by Gasteiger charge is 2.21. The van der Waals surface area contributed by atoms with Crippen molar-refractivity contribution in [3.63, 3.8) is 0 Å². The third-order valence-electron chi connectivity index (χ3n) is 4.35. The number of nitrogens with two attached hydrogens (primary N) is 1. The number of aryl methyl sites for hydroxylation is 2. The minimum atomic E-state index is -0.736. The zero-order valence-electron chi connectivity index (χ0n) is 16.2. The maximum Gasteiger partial charge on any atom is 0.513 e. The number of para-hydroxylation sites is 1. The van der Waals surface area contributed by atoms with Gasteiger partial charge in [0.1, 0.15) is 5.75 Å². The molecule has 144 valence electrons. The van der Waals surface area contributed by atoms with E-state index in [1.54, 1.807) is 31.0 Å². The predicted octanol–water partition coefficient (Wildman–Crippen LogP) is 3.37. The quantitative estimate of drug-likeness (QED) is 0.623. The zero-order chi connectivity index (χ0) is 20.0. The molecule has 2 aromatic rings. The van der Waals surface area contributed by atoms with E-state index in [0.29, 0.717) is 12.2 Å². The van der Waals surface area contributed by atoms with Crippen LogP contribution in [-0.2, 0) is 16.0 Å². The van der Waals surface area contributed by atoms with Gasteiger partial charge in [0.05, 0.1) is 12.6 Å². The number of anilines is 1. The third kappa shape index (κ3) is 5.31. The molecule has 0 spiro atoms. The van der Waals surface area contributed by atoms with Crippen molar-refractivity contribution in [2.45, 2.75) is 33.2 Å². The Morgan fingerprint density at radius 3 is 2.26 bits per heavy atom. The van der Waals surface area contributed by atoms with Crippen LogP contribution in [0.15, 0.2) is 42.5 Å². The molecular weight excluding hydrogens is 344 g/mol. The molecule has 6 nitrogen and oxygen atoms in total. The van der Waals surface area contributed by atoms with Gasteiger partial charge in [-0.15, -0.1) is 0 Å². The van der Waals surface area contributed by atoms with E-state index in [2.05, 4.69) is 0 Å². The molecule has 0 aliphatic carbocycles. The molecule has 1 atom stereocenters. The van der Waals surface area contributed by atoms with Crippen molar-refractivity contribution >= 4 is 17.7 Å². The smallest absolute Gasteiger partial charge is 0.434 e. The predicted molar refractivity (Wildman–Crippen MR) is 105 cm³/mol. The van der Waals surface area contributed by atoms with Gasteiger partial charge in [0.25, 0.3) is 0 Å². The molecule has 1 amide bonds. The van der Waals surface area contributed by atoms with Crippen LogP contribution in [0.25, 0.3) is 0 Å². The van der Waals surface area contributed by atoms with Gasteiger partial charge in [-0.25, -0.2) is 4.79 Å². The largest absolute Gasteiger partial charge is 0.513 e. The number of benzene rings is 2. The SMILES string of the molecule is CCOC(=O)Oc1cc(C)c(C[C@H](N)C(=O)N(C)c2ccccc2)c(C)c1. The summed E-state index contributed by atoms with van der Waals surface area (Å²) in [5.41, 5.74) is 9.75. The average Bonchev–Trinajstić information content (AvgIpc) is 2.64. The normalized spacial score (nSPS) is 11.6. The number of hydrogen-bond donors (Lipinski definition) is 1. The summed E-state index contributed by atoms with van der Waals surface area (Å²) < 4.78 is 9.94. The fourth-order valence-electron chi connectivity index (χ4n) is 2.91. The number of carbonyl (C=O) groups excluding carboxylic acids is 2. The first-order valence-electron chi connectivity index (χ1n) is 8.86. The third-order valence-corrected chi connectivity index (χ3v) is 4.35. The van der Waals surface area contributed by atoms with Gasteiger partial charge in [-0.2, -0.15) is 0 Å². The van der Waals surface area contributed by atoms with Crippen LogP contribution in [-0.4, -0.2) is 31.8 Å². The minimum absolute atomic E-state index is 0.160. The lowest BCUT2D eigenvalue weighted by molar-refractivity contribution is -0.119. The highest BCUT2D eigenvalue weighted by molar-refractivity contribution is 5.96. The van der Waals surface area contributed by atoms with Crippen LogP contribution in [0.2, 0.25) is 0 Å². The summed E-state index contributed by atoms with van der Waals surface area (Å²) >= 11 is 0. The Bertz CT molecular complexity index is 782. The number of likely N-dealkylation sites (N-methyl/N-ethyl adjacent to an activating group) is 1. The van der Waals surface area contributed by atoms with E-state index < -0.39 is 12.2 Å². The number of amides is 1. The van der Waals surface area contributed by atoms with Crippen molar-refractivity contribution in [3.8, 4) is 5.75 Å². The molecule has 0 aromatic heterocycles. The maximum atomic E-state index is 12.7. The second-order valence-electron chi connectivity index (χ2n) is 6.36. The molecule has 0 radical (unpaired) electrons. The molecule has 0 unspecified atom stereocenters. The zero-order valence-corrected chi connectivity index (χ0v) is 16.2. The molecule has 0 saturated carbocycles. The van der Waals surface area contributed by atoms with E-state index >= 15 is 0 Å². The minimum Gasteiger partial charge on any atom is -0.434 e. The highest BCUT2D eigenvalue weighted by atomic mass is 16.7. The van der Waals surface area contributed by atoms with Crippen LogP contribution in [0.1, 0.15) is 23.6 Å². The number of carbonyl (C=O) groups is 2. The summed E-state index contributed by atoms with van der Waals surface area (Å²) in [5, 5.41) is 0. The van der Waals surface area contributed by atoms with E-state index in [4.69, 9.17) is 15.2 Å². The van der Waals surface area contributed by atoms with Gasteiger partial charge in [-0.05, 0) is 68.1 Å². The number of ether oxygens (including phenoxy) is 2. The van der Waals surface area contributed by atoms with E-state index in [-0.39, 0.29) is 12.5 Å². The lowest BCUT2D eigenvalue weighted by atomic mass is 9.95. The van der Waals surface area contributed by atoms with Gasteiger partial charge >= 0.3 is 6.16 Å². The molecular formula is C21H26N2O4. The summed E-state index contributed by atoms with van der Waals surface area (Å²) in [7, 11) is 1.72. The van der Waals surface area contributed by atoms with Crippen molar-refractivity contribution in [1.82, 2.24) is 0 Å².